The standard InChI is InChI=1S/C12H15FN2O2/c1-8-6-9(13)2-3-10(8)15-12(16)11-7-17-5-4-14-11/h2-3,6,11,14H,4-5,7H2,1H3,(H,15,16). The average Bonchev–Trinajstić information content (AvgIpc) is 2.34. The summed E-state index contributed by atoms with van der Waals surface area (Å²) in [7, 11) is 0. The number of morpholine rings is 1. The molecule has 1 aliphatic heterocycles. The highest BCUT2D eigenvalue weighted by Gasteiger charge is 2.21. The van der Waals surface area contributed by atoms with E-state index < -0.39 is 0 Å². The normalized spacial score (nSPS) is 20.0. The van der Waals surface area contributed by atoms with Crippen LogP contribution < -0.4 is 10.6 Å². The monoisotopic (exact) mass is 238 g/mol. The second-order valence-corrected chi connectivity index (χ2v) is 4.03. The van der Waals surface area contributed by atoms with Gasteiger partial charge in [0.15, 0.2) is 0 Å². The number of halogens is 1. The number of amides is 1. The summed E-state index contributed by atoms with van der Waals surface area (Å²) < 4.78 is 18.1. The number of anilines is 1. The summed E-state index contributed by atoms with van der Waals surface area (Å²) in [6.45, 7) is 3.41. The first kappa shape index (κ1) is 12.0. The molecule has 4 nitrogen and oxygen atoms in total. The number of rotatable bonds is 2. The lowest BCUT2D eigenvalue weighted by Gasteiger charge is -2.23. The first-order valence-corrected chi connectivity index (χ1v) is 5.55. The Bertz CT molecular complexity index is 417. The number of aryl methyl sites for hydroxylation is 1. The summed E-state index contributed by atoms with van der Waals surface area (Å²) in [6, 6.07) is 3.94. The third-order valence-corrected chi connectivity index (χ3v) is 2.68. The van der Waals surface area contributed by atoms with Crippen LogP contribution in [0.4, 0.5) is 10.1 Å². The smallest absolute Gasteiger partial charge is 0.243 e. The Kier molecular flexibility index (Phi) is 3.71. The van der Waals surface area contributed by atoms with E-state index in [9.17, 15) is 9.18 Å². The number of nitrogens with one attached hydrogen (secondary N) is 2. The van der Waals surface area contributed by atoms with E-state index in [0.717, 1.165) is 0 Å². The fraction of sp³-hybridized carbons (Fsp3) is 0.417. The molecular weight excluding hydrogens is 223 g/mol. The minimum absolute atomic E-state index is 0.153. The predicted molar refractivity (Wildman–Crippen MR) is 62.4 cm³/mol. The van der Waals surface area contributed by atoms with Crippen LogP contribution in [0.5, 0.6) is 0 Å². The molecule has 1 aliphatic rings. The Morgan fingerprint density at radius 1 is 1.59 bits per heavy atom. The summed E-state index contributed by atoms with van der Waals surface area (Å²) in [4.78, 5) is 11.9. The molecule has 17 heavy (non-hydrogen) atoms. The van der Waals surface area contributed by atoms with Crippen LogP contribution in [-0.4, -0.2) is 31.7 Å². The minimum atomic E-state index is -0.340. The Labute approximate surface area is 99.2 Å². The number of hydrogen-bond acceptors (Lipinski definition) is 3. The van der Waals surface area contributed by atoms with E-state index >= 15 is 0 Å². The van der Waals surface area contributed by atoms with Crippen molar-refractivity contribution in [3.63, 3.8) is 0 Å². The highest BCUT2D eigenvalue weighted by atomic mass is 19.1. The van der Waals surface area contributed by atoms with Crippen molar-refractivity contribution in [1.82, 2.24) is 5.32 Å². The Hall–Kier alpha value is -1.46. The number of hydrogen-bond donors (Lipinski definition) is 2. The number of carbonyl (C=O) groups is 1. The SMILES string of the molecule is Cc1cc(F)ccc1NC(=O)C1COCCN1. The summed E-state index contributed by atoms with van der Waals surface area (Å²) in [5, 5.41) is 5.82. The Morgan fingerprint density at radius 3 is 3.06 bits per heavy atom. The number of ether oxygens (including phenoxy) is 1. The van der Waals surface area contributed by atoms with Crippen LogP contribution in [0.15, 0.2) is 18.2 Å². The zero-order valence-corrected chi connectivity index (χ0v) is 9.63. The third-order valence-electron chi connectivity index (χ3n) is 2.68. The van der Waals surface area contributed by atoms with Gasteiger partial charge in [0.2, 0.25) is 5.91 Å². The predicted octanol–water partition coefficient (Wildman–Crippen LogP) is 1.06. The fourth-order valence-corrected chi connectivity index (χ4v) is 1.72. The zero-order chi connectivity index (χ0) is 12.3. The molecule has 1 fully saturated rings. The van der Waals surface area contributed by atoms with Gasteiger partial charge in [-0.3, -0.25) is 4.79 Å². The highest BCUT2D eigenvalue weighted by Crippen LogP contribution is 2.16. The molecule has 0 saturated carbocycles. The van der Waals surface area contributed by atoms with Gasteiger partial charge in [-0.15, -0.1) is 0 Å². The van der Waals surface area contributed by atoms with Gasteiger partial charge in [0, 0.05) is 12.2 Å². The van der Waals surface area contributed by atoms with Gasteiger partial charge >= 0.3 is 0 Å². The molecule has 0 bridgehead atoms. The van der Waals surface area contributed by atoms with Crippen molar-refractivity contribution in [3.05, 3.63) is 29.6 Å². The van der Waals surface area contributed by atoms with Gasteiger partial charge in [0.1, 0.15) is 11.9 Å². The molecule has 1 aromatic carbocycles. The topological polar surface area (TPSA) is 50.4 Å². The lowest BCUT2D eigenvalue weighted by molar-refractivity contribution is -0.120. The van der Waals surface area contributed by atoms with Crippen molar-refractivity contribution in [2.45, 2.75) is 13.0 Å². The van der Waals surface area contributed by atoms with Crippen molar-refractivity contribution in [2.75, 3.05) is 25.1 Å². The van der Waals surface area contributed by atoms with Gasteiger partial charge in [-0.25, -0.2) is 4.39 Å². The summed E-state index contributed by atoms with van der Waals surface area (Å²) in [5.41, 5.74) is 1.33. The number of carbonyl (C=O) groups excluding carboxylic acids is 1. The highest BCUT2D eigenvalue weighted by molar-refractivity contribution is 5.95. The van der Waals surface area contributed by atoms with E-state index in [1.54, 1.807) is 13.0 Å². The second-order valence-electron chi connectivity index (χ2n) is 4.03. The maximum absolute atomic E-state index is 12.9. The first-order valence-electron chi connectivity index (χ1n) is 5.55. The molecule has 5 heteroatoms. The quantitative estimate of drug-likeness (QED) is 0.810. The molecule has 1 saturated heterocycles. The lowest BCUT2D eigenvalue weighted by Crippen LogP contribution is -2.48. The molecule has 1 unspecified atom stereocenters. The fourth-order valence-electron chi connectivity index (χ4n) is 1.72. The van der Waals surface area contributed by atoms with E-state index in [4.69, 9.17) is 4.74 Å². The van der Waals surface area contributed by atoms with Crippen LogP contribution in [0.2, 0.25) is 0 Å². The van der Waals surface area contributed by atoms with Crippen molar-refractivity contribution >= 4 is 11.6 Å². The van der Waals surface area contributed by atoms with Crippen molar-refractivity contribution in [3.8, 4) is 0 Å². The van der Waals surface area contributed by atoms with Crippen LogP contribution in [-0.2, 0) is 9.53 Å². The van der Waals surface area contributed by atoms with E-state index in [2.05, 4.69) is 10.6 Å². The molecule has 0 aliphatic carbocycles. The largest absolute Gasteiger partial charge is 0.378 e. The first-order chi connectivity index (χ1) is 8.16. The molecule has 0 aromatic heterocycles. The molecule has 2 N–H and O–H groups in total. The minimum Gasteiger partial charge on any atom is -0.378 e. The molecule has 1 aromatic rings. The molecular formula is C12H15FN2O2. The maximum atomic E-state index is 12.9. The van der Waals surface area contributed by atoms with Gasteiger partial charge in [0.25, 0.3) is 0 Å². The second kappa shape index (κ2) is 5.25. The summed E-state index contributed by atoms with van der Waals surface area (Å²) in [5.74, 6) is -0.459. The van der Waals surface area contributed by atoms with Crippen molar-refractivity contribution in [1.29, 1.82) is 0 Å². The summed E-state index contributed by atoms with van der Waals surface area (Å²) in [6.07, 6.45) is 0. The van der Waals surface area contributed by atoms with E-state index in [1.165, 1.54) is 12.1 Å². The van der Waals surface area contributed by atoms with Gasteiger partial charge in [-0.1, -0.05) is 0 Å². The van der Waals surface area contributed by atoms with E-state index in [-0.39, 0.29) is 17.8 Å². The van der Waals surface area contributed by atoms with Crippen LogP contribution in [0.3, 0.4) is 0 Å². The molecule has 92 valence electrons. The Balaban J connectivity index is 2.02. The van der Waals surface area contributed by atoms with Gasteiger partial charge in [0.05, 0.1) is 13.2 Å². The van der Waals surface area contributed by atoms with Gasteiger partial charge in [-0.05, 0) is 30.7 Å². The molecule has 1 amide bonds. The Morgan fingerprint density at radius 2 is 2.41 bits per heavy atom. The molecule has 1 atom stereocenters. The summed E-state index contributed by atoms with van der Waals surface area (Å²) >= 11 is 0. The van der Waals surface area contributed by atoms with Crippen molar-refractivity contribution < 1.29 is 13.9 Å². The van der Waals surface area contributed by atoms with Crippen LogP contribution >= 0.6 is 0 Å². The van der Waals surface area contributed by atoms with Gasteiger partial charge < -0.3 is 15.4 Å². The molecule has 1 heterocycles. The number of benzene rings is 1. The molecule has 0 radical (unpaired) electrons. The van der Waals surface area contributed by atoms with Crippen LogP contribution in [0.25, 0.3) is 0 Å². The lowest BCUT2D eigenvalue weighted by atomic mass is 10.2. The van der Waals surface area contributed by atoms with Crippen molar-refractivity contribution in [2.24, 2.45) is 0 Å². The van der Waals surface area contributed by atoms with E-state index in [1.807, 2.05) is 0 Å². The average molecular weight is 238 g/mol. The van der Waals surface area contributed by atoms with Crippen LogP contribution in [0, 0.1) is 12.7 Å². The van der Waals surface area contributed by atoms with E-state index in [0.29, 0.717) is 31.0 Å². The zero-order valence-electron chi connectivity index (χ0n) is 9.63. The molecule has 2 rings (SSSR count). The molecule has 0 spiro atoms. The van der Waals surface area contributed by atoms with Gasteiger partial charge in [-0.2, -0.15) is 0 Å². The maximum Gasteiger partial charge on any atom is 0.243 e. The van der Waals surface area contributed by atoms with Crippen LogP contribution in [0.1, 0.15) is 5.56 Å². The third kappa shape index (κ3) is 3.01.